The SMILES string of the molecule is C=CCCC(F)(F)C(F)(F)C(F)(F)C(F)(F)C(F)(F)C(F)(F)C(F)(F)C(F)(F)CCCC. The Morgan fingerprint density at radius 3 is 1.06 bits per heavy atom. The summed E-state index contributed by atoms with van der Waals surface area (Å²) in [4.78, 5) is 0. The number of hydrogen-bond donors (Lipinski definition) is 0. The van der Waals surface area contributed by atoms with Crippen molar-refractivity contribution in [2.24, 2.45) is 0 Å². The maximum absolute atomic E-state index is 13.6. The summed E-state index contributed by atoms with van der Waals surface area (Å²) >= 11 is 0. The van der Waals surface area contributed by atoms with Gasteiger partial charge < -0.3 is 0 Å². The fourth-order valence-electron chi connectivity index (χ4n) is 2.24. The predicted octanol–water partition coefficient (Wildman–Crippen LogP) is 8.23. The first-order valence-electron chi connectivity index (χ1n) is 8.50. The Hall–Kier alpha value is -1.38. The van der Waals surface area contributed by atoms with Crippen molar-refractivity contribution in [1.29, 1.82) is 0 Å². The molecule has 0 rings (SSSR count). The van der Waals surface area contributed by atoms with E-state index in [0.717, 1.165) is 6.92 Å². The van der Waals surface area contributed by atoms with Gasteiger partial charge in [0.15, 0.2) is 0 Å². The van der Waals surface area contributed by atoms with Crippen LogP contribution in [0.25, 0.3) is 0 Å². The highest BCUT2D eigenvalue weighted by molar-refractivity contribution is 5.15. The molecule has 0 amide bonds. The Labute approximate surface area is 170 Å². The van der Waals surface area contributed by atoms with Crippen molar-refractivity contribution in [2.75, 3.05) is 0 Å². The lowest BCUT2D eigenvalue weighted by atomic mass is 9.86. The molecule has 0 unspecified atom stereocenters. The monoisotopic (exact) mass is 512 g/mol. The van der Waals surface area contributed by atoms with Gasteiger partial charge in [-0.05, 0) is 12.8 Å². The molecule has 0 saturated heterocycles. The third-order valence-corrected chi connectivity index (χ3v) is 4.40. The fraction of sp³-hybridized carbons (Fsp3) is 0.875. The van der Waals surface area contributed by atoms with E-state index < -0.39 is 79.5 Å². The van der Waals surface area contributed by atoms with Crippen molar-refractivity contribution in [2.45, 2.75) is 86.4 Å². The van der Waals surface area contributed by atoms with E-state index in [2.05, 4.69) is 6.58 Å². The molecule has 0 spiro atoms. The highest BCUT2D eigenvalue weighted by Gasteiger charge is 2.94. The van der Waals surface area contributed by atoms with Gasteiger partial charge in [0.2, 0.25) is 0 Å². The van der Waals surface area contributed by atoms with Crippen LogP contribution in [0.15, 0.2) is 12.7 Å². The van der Waals surface area contributed by atoms with E-state index in [0.29, 0.717) is 6.08 Å². The summed E-state index contributed by atoms with van der Waals surface area (Å²) in [7, 11) is 0. The molecule has 0 radical (unpaired) electrons. The van der Waals surface area contributed by atoms with Gasteiger partial charge in [0, 0.05) is 12.8 Å². The molecule has 0 nitrogen and oxygen atoms in total. The van der Waals surface area contributed by atoms with E-state index in [1.807, 2.05) is 0 Å². The highest BCUT2D eigenvalue weighted by atomic mass is 19.4. The van der Waals surface area contributed by atoms with Crippen molar-refractivity contribution in [3.63, 3.8) is 0 Å². The molecule has 0 aliphatic heterocycles. The molecule has 0 aliphatic carbocycles. The van der Waals surface area contributed by atoms with Crippen LogP contribution in [-0.4, -0.2) is 47.4 Å². The normalized spacial score (nSPS) is 15.8. The number of unbranched alkanes of at least 4 members (excludes halogenated alkanes) is 1. The molecule has 32 heavy (non-hydrogen) atoms. The third kappa shape index (κ3) is 4.26. The van der Waals surface area contributed by atoms with E-state index in [-0.39, 0.29) is 0 Å². The van der Waals surface area contributed by atoms with Gasteiger partial charge in [0.05, 0.1) is 0 Å². The average molecular weight is 512 g/mol. The second-order valence-electron chi connectivity index (χ2n) is 6.79. The van der Waals surface area contributed by atoms with Gasteiger partial charge in [-0.1, -0.05) is 19.4 Å². The Morgan fingerprint density at radius 1 is 0.500 bits per heavy atom. The molecule has 0 aromatic carbocycles. The topological polar surface area (TPSA) is 0 Å². The molecule has 192 valence electrons. The molecular weight excluding hydrogens is 496 g/mol. The lowest BCUT2D eigenvalue weighted by Crippen LogP contribution is -2.74. The molecule has 0 bridgehead atoms. The van der Waals surface area contributed by atoms with Gasteiger partial charge in [0.1, 0.15) is 0 Å². The lowest BCUT2D eigenvalue weighted by molar-refractivity contribution is -0.453. The zero-order valence-corrected chi connectivity index (χ0v) is 15.9. The van der Waals surface area contributed by atoms with E-state index >= 15 is 0 Å². The first kappa shape index (κ1) is 30.6. The second-order valence-corrected chi connectivity index (χ2v) is 6.79. The first-order valence-corrected chi connectivity index (χ1v) is 8.50. The molecule has 0 aliphatic rings. The van der Waals surface area contributed by atoms with Gasteiger partial charge in [-0.3, -0.25) is 0 Å². The molecule has 16 heteroatoms. The zero-order valence-electron chi connectivity index (χ0n) is 15.9. The molecule has 0 aromatic heterocycles. The van der Waals surface area contributed by atoms with Crippen molar-refractivity contribution >= 4 is 0 Å². The highest BCUT2D eigenvalue weighted by Crippen LogP contribution is 2.64. The van der Waals surface area contributed by atoms with Gasteiger partial charge >= 0.3 is 47.4 Å². The second kappa shape index (κ2) is 8.76. The van der Waals surface area contributed by atoms with Gasteiger partial charge in [-0.2, -0.15) is 70.2 Å². The van der Waals surface area contributed by atoms with Gasteiger partial charge in [-0.25, -0.2) is 0 Å². The van der Waals surface area contributed by atoms with Crippen molar-refractivity contribution in [1.82, 2.24) is 0 Å². The van der Waals surface area contributed by atoms with Gasteiger partial charge in [0.25, 0.3) is 0 Å². The summed E-state index contributed by atoms with van der Waals surface area (Å²) in [6.07, 6.45) is -7.08. The first-order chi connectivity index (χ1) is 13.9. The Kier molecular flexibility index (Phi) is 8.38. The fourth-order valence-corrected chi connectivity index (χ4v) is 2.24. The van der Waals surface area contributed by atoms with E-state index in [9.17, 15) is 70.2 Å². The van der Waals surface area contributed by atoms with Crippen molar-refractivity contribution < 1.29 is 70.2 Å². The van der Waals surface area contributed by atoms with E-state index in [1.54, 1.807) is 0 Å². The minimum absolute atomic E-state index is 0.391. The smallest absolute Gasteiger partial charge is 0.200 e. The summed E-state index contributed by atoms with van der Waals surface area (Å²) in [5.74, 6) is -60.3. The Morgan fingerprint density at radius 2 is 0.781 bits per heavy atom. The van der Waals surface area contributed by atoms with Crippen LogP contribution >= 0.6 is 0 Å². The Balaban J connectivity index is 6.61. The van der Waals surface area contributed by atoms with Gasteiger partial charge in [-0.15, -0.1) is 6.58 Å². The largest absolute Gasteiger partial charge is 0.384 e. The van der Waals surface area contributed by atoms with Crippen LogP contribution in [0.3, 0.4) is 0 Å². The average Bonchev–Trinajstić information content (AvgIpc) is 2.63. The van der Waals surface area contributed by atoms with Crippen LogP contribution in [0.5, 0.6) is 0 Å². The summed E-state index contributed by atoms with van der Waals surface area (Å²) < 4.78 is 216. The van der Waals surface area contributed by atoms with Crippen LogP contribution in [0, 0.1) is 0 Å². The number of alkyl halides is 16. The van der Waals surface area contributed by atoms with E-state index in [1.165, 1.54) is 0 Å². The standard InChI is InChI=1S/C16H16F16/c1-3-5-7-9(17,18)11(21,22)13(25,26)15(29,30)16(31,32)14(27,28)12(23,24)10(19,20)8-6-4-2/h3H,1,4-8H2,2H3. The summed E-state index contributed by atoms with van der Waals surface area (Å²) in [5.41, 5.74) is 0. The molecular formula is C16H16F16. The molecule has 0 N–H and O–H groups in total. The quantitative estimate of drug-likeness (QED) is 0.172. The van der Waals surface area contributed by atoms with Crippen molar-refractivity contribution in [3.05, 3.63) is 12.7 Å². The van der Waals surface area contributed by atoms with Crippen molar-refractivity contribution in [3.8, 4) is 0 Å². The minimum Gasteiger partial charge on any atom is -0.200 e. The minimum atomic E-state index is -8.35. The van der Waals surface area contributed by atoms with Crippen LogP contribution in [-0.2, 0) is 0 Å². The maximum atomic E-state index is 13.6. The predicted molar refractivity (Wildman–Crippen MR) is 78.5 cm³/mol. The third-order valence-electron chi connectivity index (χ3n) is 4.40. The summed E-state index contributed by atoms with van der Waals surface area (Å²) in [6, 6.07) is 0. The van der Waals surface area contributed by atoms with Crippen LogP contribution in [0.1, 0.15) is 39.0 Å². The zero-order chi connectivity index (χ0) is 26.2. The molecule has 0 fully saturated rings. The van der Waals surface area contributed by atoms with Crippen LogP contribution in [0.2, 0.25) is 0 Å². The number of halogens is 16. The number of rotatable bonds is 13. The molecule has 0 aromatic rings. The molecule has 0 heterocycles. The number of allylic oxidation sites excluding steroid dienone is 1. The summed E-state index contributed by atoms with van der Waals surface area (Å²) in [5, 5.41) is 0. The van der Waals surface area contributed by atoms with Crippen LogP contribution in [0.4, 0.5) is 70.2 Å². The lowest BCUT2D eigenvalue weighted by Gasteiger charge is -2.43. The number of hydrogen-bond acceptors (Lipinski definition) is 0. The molecule has 0 saturated carbocycles. The van der Waals surface area contributed by atoms with E-state index in [4.69, 9.17) is 0 Å². The molecule has 0 atom stereocenters. The maximum Gasteiger partial charge on any atom is 0.384 e. The summed E-state index contributed by atoms with van der Waals surface area (Å²) in [6.45, 7) is 3.74. The Bertz CT molecular complexity index is 648. The van der Waals surface area contributed by atoms with Crippen LogP contribution < -0.4 is 0 Å².